The number of carbonyl (C=O) groups is 1. The molecule has 0 radical (unpaired) electrons. The van der Waals surface area contributed by atoms with E-state index < -0.39 is 21.6 Å². The van der Waals surface area contributed by atoms with Gasteiger partial charge >= 0.3 is 0 Å². The summed E-state index contributed by atoms with van der Waals surface area (Å²) in [5.74, 6) is -1.65. The smallest absolute Gasteiger partial charge is 0.217 e. The lowest BCUT2D eigenvalue weighted by atomic mass is 9.87. The number of ketones is 1. The normalized spacial score (nSPS) is 14.3. The number of halogens is 5. The maximum absolute atomic E-state index is 12.9. The summed E-state index contributed by atoms with van der Waals surface area (Å²) in [6, 6.07) is 7.63. The molecule has 0 bridgehead atoms. The van der Waals surface area contributed by atoms with Gasteiger partial charge in [-0.25, -0.2) is 0 Å². The van der Waals surface area contributed by atoms with Gasteiger partial charge in [-0.05, 0) is 29.8 Å². The third-order valence-electron chi connectivity index (χ3n) is 3.17. The average molecular weight is 414 g/mol. The first kappa shape index (κ1) is 18.8. The average Bonchev–Trinajstić information content (AvgIpc) is 2.47. The zero-order chi connectivity index (χ0) is 17.2. The molecule has 1 N–H and O–H groups in total. The van der Waals surface area contributed by atoms with Crippen molar-refractivity contribution in [2.45, 2.75) is 15.8 Å². The Morgan fingerprint density at radius 3 is 2.39 bits per heavy atom. The minimum absolute atomic E-state index is 0.146. The predicted molar refractivity (Wildman–Crippen MR) is 94.1 cm³/mol. The summed E-state index contributed by atoms with van der Waals surface area (Å²) in [5.41, 5.74) is 0.570. The molecule has 0 unspecified atom stereocenters. The number of pyridine rings is 1. The molecular formula is C15H10Cl5NO2. The molecule has 2 rings (SSSR count). The minimum Gasteiger partial charge on any atom is -0.388 e. The number of Topliss-reactive ketones (excluding diaryl/α,β-unsaturated/α-hetero) is 1. The Morgan fingerprint density at radius 1 is 1.17 bits per heavy atom. The Labute approximate surface area is 158 Å². The molecule has 0 fully saturated rings. The van der Waals surface area contributed by atoms with Crippen LogP contribution in [0.25, 0.3) is 0 Å². The summed E-state index contributed by atoms with van der Waals surface area (Å²) in [7, 11) is 0. The monoisotopic (exact) mass is 411 g/mol. The lowest BCUT2D eigenvalue weighted by molar-refractivity contribution is 0.0817. The number of rotatable bonds is 4. The van der Waals surface area contributed by atoms with Gasteiger partial charge in [0.05, 0.1) is 10.9 Å². The summed E-state index contributed by atoms with van der Waals surface area (Å²) >= 11 is 29.2. The summed E-state index contributed by atoms with van der Waals surface area (Å²) < 4.78 is -2.06. The first-order chi connectivity index (χ1) is 10.7. The summed E-state index contributed by atoms with van der Waals surface area (Å²) in [6.45, 7) is 0. The summed E-state index contributed by atoms with van der Waals surface area (Å²) in [6.07, 6.45) is 1.37. The van der Waals surface area contributed by atoms with Crippen LogP contribution >= 0.6 is 58.0 Å². The van der Waals surface area contributed by atoms with E-state index in [1.807, 2.05) is 0 Å². The van der Waals surface area contributed by atoms with Crippen LogP contribution in [0, 0.1) is 0 Å². The Bertz CT molecular complexity index is 703. The Balaban J connectivity index is 2.51. The topological polar surface area (TPSA) is 50.2 Å². The third kappa shape index (κ3) is 4.50. The van der Waals surface area contributed by atoms with E-state index >= 15 is 0 Å². The van der Waals surface area contributed by atoms with Crippen molar-refractivity contribution in [1.29, 1.82) is 0 Å². The molecule has 0 saturated heterocycles. The molecule has 1 heterocycles. The lowest BCUT2D eigenvalue weighted by Gasteiger charge is -2.27. The molecule has 0 aliphatic rings. The molecule has 23 heavy (non-hydrogen) atoms. The van der Waals surface area contributed by atoms with E-state index in [0.29, 0.717) is 10.6 Å². The van der Waals surface area contributed by atoms with E-state index in [1.165, 1.54) is 30.6 Å². The van der Waals surface area contributed by atoms with Gasteiger partial charge in [-0.1, -0.05) is 64.1 Å². The van der Waals surface area contributed by atoms with Crippen LogP contribution in [0.3, 0.4) is 0 Å². The number of aromatic nitrogens is 1. The highest BCUT2D eigenvalue weighted by molar-refractivity contribution is 6.68. The quantitative estimate of drug-likeness (QED) is 0.561. The van der Waals surface area contributed by atoms with Crippen LogP contribution in [0.4, 0.5) is 0 Å². The number of alkyl halides is 3. The Kier molecular flexibility index (Phi) is 6.17. The van der Waals surface area contributed by atoms with Gasteiger partial charge in [0, 0.05) is 23.0 Å². The molecule has 1 aromatic carbocycles. The van der Waals surface area contributed by atoms with Gasteiger partial charge in [0.1, 0.15) is 6.10 Å². The maximum atomic E-state index is 12.9. The van der Waals surface area contributed by atoms with Gasteiger partial charge in [0.25, 0.3) is 0 Å². The lowest BCUT2D eigenvalue weighted by Crippen LogP contribution is -2.36. The second-order valence-corrected chi connectivity index (χ2v) is 7.95. The molecular weight excluding hydrogens is 403 g/mol. The number of carbonyl (C=O) groups excluding carboxylic acids is 1. The number of aliphatic hydroxyl groups excluding tert-OH is 1. The van der Waals surface area contributed by atoms with Crippen molar-refractivity contribution >= 4 is 63.8 Å². The fraction of sp³-hybridized carbons (Fsp3) is 0.200. The van der Waals surface area contributed by atoms with E-state index in [4.69, 9.17) is 58.0 Å². The fourth-order valence-electron chi connectivity index (χ4n) is 2.08. The molecule has 3 nitrogen and oxygen atoms in total. The van der Waals surface area contributed by atoms with Crippen LogP contribution in [0.15, 0.2) is 42.7 Å². The molecule has 0 saturated carbocycles. The second kappa shape index (κ2) is 7.56. The van der Waals surface area contributed by atoms with Crippen molar-refractivity contribution in [2.75, 3.05) is 0 Å². The van der Waals surface area contributed by atoms with Gasteiger partial charge in [-0.3, -0.25) is 9.78 Å². The number of benzene rings is 1. The first-order valence-electron chi connectivity index (χ1n) is 6.36. The van der Waals surface area contributed by atoms with Crippen molar-refractivity contribution in [3.63, 3.8) is 0 Å². The van der Waals surface area contributed by atoms with Crippen molar-refractivity contribution < 1.29 is 9.90 Å². The SMILES string of the molecule is O=C(c1ccc(Cl)cc1Cl)[C@H](c1cccnc1)[C@@H](O)C(Cl)(Cl)Cl. The zero-order valence-corrected chi connectivity index (χ0v) is 15.2. The van der Waals surface area contributed by atoms with Gasteiger partial charge < -0.3 is 5.11 Å². The van der Waals surface area contributed by atoms with Crippen molar-refractivity contribution in [2.24, 2.45) is 0 Å². The highest BCUT2D eigenvalue weighted by Gasteiger charge is 2.42. The zero-order valence-electron chi connectivity index (χ0n) is 11.4. The van der Waals surface area contributed by atoms with E-state index in [2.05, 4.69) is 4.98 Å². The van der Waals surface area contributed by atoms with E-state index in [1.54, 1.807) is 12.1 Å². The van der Waals surface area contributed by atoms with Crippen LogP contribution < -0.4 is 0 Å². The van der Waals surface area contributed by atoms with Crippen molar-refractivity contribution in [1.82, 2.24) is 4.98 Å². The molecule has 0 amide bonds. The fourth-order valence-corrected chi connectivity index (χ4v) is 2.96. The number of hydrogen-bond acceptors (Lipinski definition) is 3. The summed E-state index contributed by atoms with van der Waals surface area (Å²) in [4.78, 5) is 16.8. The van der Waals surface area contributed by atoms with Crippen molar-refractivity contribution in [3.8, 4) is 0 Å². The van der Waals surface area contributed by atoms with Gasteiger partial charge in [-0.15, -0.1) is 0 Å². The summed E-state index contributed by atoms with van der Waals surface area (Å²) in [5, 5.41) is 10.9. The van der Waals surface area contributed by atoms with Gasteiger partial charge in [0.15, 0.2) is 5.78 Å². The largest absolute Gasteiger partial charge is 0.388 e. The molecule has 0 aliphatic heterocycles. The predicted octanol–water partition coefficient (Wildman–Crippen LogP) is 5.09. The third-order valence-corrected chi connectivity index (χ3v) is 4.39. The van der Waals surface area contributed by atoms with E-state index in [9.17, 15) is 9.90 Å². The minimum atomic E-state index is -2.06. The van der Waals surface area contributed by atoms with Crippen LogP contribution in [-0.2, 0) is 0 Å². The van der Waals surface area contributed by atoms with Crippen LogP contribution in [0.1, 0.15) is 21.8 Å². The molecule has 0 spiro atoms. The maximum Gasteiger partial charge on any atom is 0.217 e. The standard InChI is InChI=1S/C15H10Cl5NO2/c16-9-3-4-10(11(17)6-9)13(22)12(14(23)15(18,19)20)8-2-1-5-21-7-8/h1-7,12,14,23H/t12-,14+/m0/s1. The molecule has 8 heteroatoms. The van der Waals surface area contributed by atoms with Crippen molar-refractivity contribution in [3.05, 3.63) is 63.9 Å². The van der Waals surface area contributed by atoms with Crippen LogP contribution in [0.5, 0.6) is 0 Å². The second-order valence-electron chi connectivity index (χ2n) is 4.74. The van der Waals surface area contributed by atoms with E-state index in [-0.39, 0.29) is 10.6 Å². The molecule has 122 valence electrons. The Morgan fingerprint density at radius 2 is 1.87 bits per heavy atom. The Hall–Kier alpha value is -0.550. The van der Waals surface area contributed by atoms with Crippen LogP contribution in [0.2, 0.25) is 10.0 Å². The van der Waals surface area contributed by atoms with Gasteiger partial charge in [-0.2, -0.15) is 0 Å². The molecule has 1 aromatic heterocycles. The molecule has 2 atom stereocenters. The highest BCUT2D eigenvalue weighted by Crippen LogP contribution is 2.40. The highest BCUT2D eigenvalue weighted by atomic mass is 35.6. The number of aliphatic hydroxyl groups is 1. The number of hydrogen-bond donors (Lipinski definition) is 1. The van der Waals surface area contributed by atoms with Gasteiger partial charge in [0.2, 0.25) is 3.79 Å². The molecule has 0 aliphatic carbocycles. The number of nitrogens with zero attached hydrogens (tertiary/aromatic N) is 1. The molecule has 2 aromatic rings. The van der Waals surface area contributed by atoms with Crippen LogP contribution in [-0.4, -0.2) is 25.8 Å². The van der Waals surface area contributed by atoms with E-state index in [0.717, 1.165) is 0 Å². The first-order valence-corrected chi connectivity index (χ1v) is 8.24.